The standard InChI is InChI=1S/C20H26N4O2/c1-5-23(15-18(25)22-20(2,3)4)19(26)12-11-16-13-21-24(14-16)17-9-7-6-8-10-17/h6-14H,5,15H2,1-4H3,(H,22,25)/b12-11+. The highest BCUT2D eigenvalue weighted by Gasteiger charge is 2.18. The average molecular weight is 354 g/mol. The fourth-order valence-corrected chi connectivity index (χ4v) is 2.39. The second-order valence-electron chi connectivity index (χ2n) is 7.04. The predicted octanol–water partition coefficient (Wildman–Crippen LogP) is 2.65. The first-order valence-electron chi connectivity index (χ1n) is 8.66. The molecule has 6 nitrogen and oxygen atoms in total. The molecule has 2 rings (SSSR count). The molecule has 0 atom stereocenters. The van der Waals surface area contributed by atoms with E-state index >= 15 is 0 Å². The van der Waals surface area contributed by atoms with Gasteiger partial charge in [0.25, 0.3) is 0 Å². The number of hydrogen-bond acceptors (Lipinski definition) is 3. The van der Waals surface area contributed by atoms with Crippen molar-refractivity contribution in [1.82, 2.24) is 20.0 Å². The summed E-state index contributed by atoms with van der Waals surface area (Å²) in [5, 5.41) is 7.16. The maximum Gasteiger partial charge on any atom is 0.247 e. The summed E-state index contributed by atoms with van der Waals surface area (Å²) in [6.07, 6.45) is 6.72. The van der Waals surface area contributed by atoms with Crippen molar-refractivity contribution in [3.63, 3.8) is 0 Å². The van der Waals surface area contributed by atoms with Crippen molar-refractivity contribution >= 4 is 17.9 Å². The summed E-state index contributed by atoms with van der Waals surface area (Å²) in [7, 11) is 0. The predicted molar refractivity (Wildman–Crippen MR) is 103 cm³/mol. The number of carbonyl (C=O) groups is 2. The molecule has 0 saturated heterocycles. The smallest absolute Gasteiger partial charge is 0.247 e. The zero-order valence-corrected chi connectivity index (χ0v) is 15.8. The minimum atomic E-state index is -0.318. The summed E-state index contributed by atoms with van der Waals surface area (Å²) < 4.78 is 1.75. The third-order valence-electron chi connectivity index (χ3n) is 3.58. The molecule has 0 aliphatic carbocycles. The molecule has 0 spiro atoms. The zero-order valence-electron chi connectivity index (χ0n) is 15.8. The van der Waals surface area contributed by atoms with E-state index in [2.05, 4.69) is 10.4 Å². The van der Waals surface area contributed by atoms with Gasteiger partial charge in [-0.3, -0.25) is 9.59 Å². The van der Waals surface area contributed by atoms with Crippen LogP contribution >= 0.6 is 0 Å². The molecule has 0 aliphatic rings. The summed E-state index contributed by atoms with van der Waals surface area (Å²) >= 11 is 0. The molecule has 1 heterocycles. The van der Waals surface area contributed by atoms with Crippen molar-refractivity contribution in [2.45, 2.75) is 33.2 Å². The highest BCUT2D eigenvalue weighted by atomic mass is 16.2. The number of benzene rings is 1. The van der Waals surface area contributed by atoms with Crippen LogP contribution < -0.4 is 5.32 Å². The van der Waals surface area contributed by atoms with E-state index in [1.807, 2.05) is 64.2 Å². The van der Waals surface area contributed by atoms with Gasteiger partial charge in [0.2, 0.25) is 11.8 Å². The summed E-state index contributed by atoms with van der Waals surface area (Å²) in [6.45, 7) is 8.08. The maximum atomic E-state index is 12.4. The number of para-hydroxylation sites is 1. The van der Waals surface area contributed by atoms with E-state index in [0.29, 0.717) is 6.54 Å². The van der Waals surface area contributed by atoms with Crippen molar-refractivity contribution in [2.24, 2.45) is 0 Å². The van der Waals surface area contributed by atoms with Crippen LogP contribution in [0.1, 0.15) is 33.3 Å². The van der Waals surface area contributed by atoms with E-state index in [-0.39, 0.29) is 23.9 Å². The number of rotatable bonds is 6. The lowest BCUT2D eigenvalue weighted by molar-refractivity contribution is -0.132. The Morgan fingerprint density at radius 3 is 2.54 bits per heavy atom. The monoisotopic (exact) mass is 354 g/mol. The third kappa shape index (κ3) is 5.88. The van der Waals surface area contributed by atoms with E-state index < -0.39 is 0 Å². The topological polar surface area (TPSA) is 67.2 Å². The number of aromatic nitrogens is 2. The normalized spacial score (nSPS) is 11.5. The quantitative estimate of drug-likeness (QED) is 0.811. The van der Waals surface area contributed by atoms with E-state index in [1.54, 1.807) is 17.0 Å². The highest BCUT2D eigenvalue weighted by molar-refractivity contribution is 5.94. The van der Waals surface area contributed by atoms with Crippen LogP contribution in [0.3, 0.4) is 0 Å². The van der Waals surface area contributed by atoms with Crippen molar-refractivity contribution in [3.8, 4) is 5.69 Å². The Bertz CT molecular complexity index is 773. The Morgan fingerprint density at radius 2 is 1.92 bits per heavy atom. The number of likely N-dealkylation sites (N-methyl/N-ethyl adjacent to an activating group) is 1. The number of nitrogens with one attached hydrogen (secondary N) is 1. The largest absolute Gasteiger partial charge is 0.350 e. The lowest BCUT2D eigenvalue weighted by Crippen LogP contribution is -2.47. The molecular formula is C20H26N4O2. The molecular weight excluding hydrogens is 328 g/mol. The second-order valence-corrected chi connectivity index (χ2v) is 7.04. The molecule has 26 heavy (non-hydrogen) atoms. The first-order chi connectivity index (χ1) is 12.3. The van der Waals surface area contributed by atoms with Gasteiger partial charge in [0.1, 0.15) is 0 Å². The summed E-state index contributed by atoms with van der Waals surface area (Å²) in [4.78, 5) is 25.9. The second kappa shape index (κ2) is 8.47. The van der Waals surface area contributed by atoms with Gasteiger partial charge in [0.05, 0.1) is 18.4 Å². The third-order valence-corrected chi connectivity index (χ3v) is 3.58. The van der Waals surface area contributed by atoms with Gasteiger partial charge in [-0.1, -0.05) is 18.2 Å². The minimum Gasteiger partial charge on any atom is -0.350 e. The van der Waals surface area contributed by atoms with Gasteiger partial charge in [0.15, 0.2) is 0 Å². The Balaban J connectivity index is 1.99. The van der Waals surface area contributed by atoms with Crippen LogP contribution in [0.25, 0.3) is 11.8 Å². The molecule has 1 aromatic carbocycles. The lowest BCUT2D eigenvalue weighted by atomic mass is 10.1. The van der Waals surface area contributed by atoms with Crippen LogP contribution in [0.2, 0.25) is 0 Å². The van der Waals surface area contributed by atoms with Crippen molar-refractivity contribution in [2.75, 3.05) is 13.1 Å². The number of nitrogens with zero attached hydrogens (tertiary/aromatic N) is 3. The first-order valence-corrected chi connectivity index (χ1v) is 8.66. The number of amides is 2. The van der Waals surface area contributed by atoms with Crippen molar-refractivity contribution in [1.29, 1.82) is 0 Å². The lowest BCUT2D eigenvalue weighted by Gasteiger charge is -2.24. The van der Waals surface area contributed by atoms with Crippen LogP contribution in [0, 0.1) is 0 Å². The van der Waals surface area contributed by atoms with Crippen LogP contribution in [-0.2, 0) is 9.59 Å². The van der Waals surface area contributed by atoms with Gasteiger partial charge in [-0.15, -0.1) is 0 Å². The highest BCUT2D eigenvalue weighted by Crippen LogP contribution is 2.09. The van der Waals surface area contributed by atoms with E-state index in [4.69, 9.17) is 0 Å². The molecule has 2 amide bonds. The first kappa shape index (κ1) is 19.4. The maximum absolute atomic E-state index is 12.4. The molecule has 0 aliphatic heterocycles. The summed E-state index contributed by atoms with van der Waals surface area (Å²) in [6, 6.07) is 9.74. The van der Waals surface area contributed by atoms with Gasteiger partial charge in [0, 0.05) is 29.9 Å². The SMILES string of the molecule is CCN(CC(=O)NC(C)(C)C)C(=O)/C=C/c1cnn(-c2ccccc2)c1. The van der Waals surface area contributed by atoms with Crippen LogP contribution in [0.15, 0.2) is 48.8 Å². The number of hydrogen-bond donors (Lipinski definition) is 1. The molecule has 138 valence electrons. The van der Waals surface area contributed by atoms with Gasteiger partial charge in [-0.2, -0.15) is 5.10 Å². The molecule has 2 aromatic rings. The zero-order chi connectivity index (χ0) is 19.2. The molecule has 1 aromatic heterocycles. The van der Waals surface area contributed by atoms with E-state index in [1.165, 1.54) is 11.0 Å². The van der Waals surface area contributed by atoms with Crippen molar-refractivity contribution < 1.29 is 9.59 Å². The van der Waals surface area contributed by atoms with E-state index in [0.717, 1.165) is 11.3 Å². The molecule has 0 unspecified atom stereocenters. The van der Waals surface area contributed by atoms with Gasteiger partial charge >= 0.3 is 0 Å². The van der Waals surface area contributed by atoms with Gasteiger partial charge in [-0.05, 0) is 45.9 Å². The Kier molecular flexibility index (Phi) is 6.33. The molecule has 0 fully saturated rings. The van der Waals surface area contributed by atoms with Crippen LogP contribution in [0.5, 0.6) is 0 Å². The summed E-state index contributed by atoms with van der Waals surface area (Å²) in [5.74, 6) is -0.373. The molecule has 1 N–H and O–H groups in total. The number of carbonyl (C=O) groups excluding carboxylic acids is 2. The van der Waals surface area contributed by atoms with E-state index in [9.17, 15) is 9.59 Å². The van der Waals surface area contributed by atoms with Gasteiger partial charge in [-0.25, -0.2) is 4.68 Å². The fourth-order valence-electron chi connectivity index (χ4n) is 2.39. The molecule has 0 saturated carbocycles. The Labute approximate surface area is 154 Å². The fraction of sp³-hybridized carbons (Fsp3) is 0.350. The Morgan fingerprint density at radius 1 is 1.23 bits per heavy atom. The van der Waals surface area contributed by atoms with Gasteiger partial charge < -0.3 is 10.2 Å². The summed E-state index contributed by atoms with van der Waals surface area (Å²) in [5.41, 5.74) is 1.45. The molecule has 0 radical (unpaired) electrons. The average Bonchev–Trinajstić information content (AvgIpc) is 3.06. The molecule has 6 heteroatoms. The van der Waals surface area contributed by atoms with Crippen molar-refractivity contribution in [3.05, 3.63) is 54.4 Å². The van der Waals surface area contributed by atoms with Crippen LogP contribution in [0.4, 0.5) is 0 Å². The minimum absolute atomic E-state index is 0.0419. The van der Waals surface area contributed by atoms with Crippen LogP contribution in [-0.4, -0.2) is 45.1 Å². The Hall–Kier alpha value is -2.89. The molecule has 0 bridgehead atoms.